The van der Waals surface area contributed by atoms with E-state index in [1.54, 1.807) is 10.6 Å². The van der Waals surface area contributed by atoms with Crippen molar-refractivity contribution < 1.29 is 22.7 Å². The number of ether oxygens (including phenoxy) is 1. The number of rotatable bonds is 7. The van der Waals surface area contributed by atoms with E-state index in [-0.39, 0.29) is 29.1 Å². The third-order valence-corrected chi connectivity index (χ3v) is 5.52. The summed E-state index contributed by atoms with van der Waals surface area (Å²) in [6.45, 7) is 4.19. The summed E-state index contributed by atoms with van der Waals surface area (Å²) in [5, 5.41) is 3.00. The Kier molecular flexibility index (Phi) is 6.91. The van der Waals surface area contributed by atoms with Gasteiger partial charge in [0.15, 0.2) is 0 Å². The van der Waals surface area contributed by atoms with Crippen LogP contribution >= 0.6 is 0 Å². The Hall–Kier alpha value is -4.07. The maximum atomic E-state index is 13.6. The minimum absolute atomic E-state index is 0.262. The second kappa shape index (κ2) is 10.0. The number of amides is 1. The first-order valence-electron chi connectivity index (χ1n) is 11.1. The maximum Gasteiger partial charge on any atom is 0.573 e. The van der Waals surface area contributed by atoms with Gasteiger partial charge in [0.05, 0.1) is 6.04 Å². The molecule has 180 valence electrons. The molecule has 0 saturated carbocycles. The number of halogens is 3. The normalized spacial score (nSPS) is 12.3. The van der Waals surface area contributed by atoms with Crippen LogP contribution in [0.3, 0.4) is 0 Å². The average molecular weight is 480 g/mol. The molecule has 0 aliphatic rings. The number of nitrogens with one attached hydrogen (secondary N) is 1. The van der Waals surface area contributed by atoms with Crippen molar-refractivity contribution in [1.29, 1.82) is 0 Å². The smallest absolute Gasteiger partial charge is 0.406 e. The lowest BCUT2D eigenvalue weighted by molar-refractivity contribution is -0.274. The van der Waals surface area contributed by atoms with Crippen LogP contribution in [0.25, 0.3) is 22.6 Å². The molecule has 0 aliphatic carbocycles. The van der Waals surface area contributed by atoms with E-state index in [9.17, 15) is 18.0 Å². The van der Waals surface area contributed by atoms with Gasteiger partial charge in [-0.15, -0.1) is 13.2 Å². The van der Waals surface area contributed by atoms with Crippen LogP contribution in [-0.4, -0.2) is 21.8 Å². The fourth-order valence-electron chi connectivity index (χ4n) is 3.93. The fourth-order valence-corrected chi connectivity index (χ4v) is 3.93. The van der Waals surface area contributed by atoms with Gasteiger partial charge in [-0.3, -0.25) is 4.79 Å². The molecule has 1 N–H and O–H groups in total. The van der Waals surface area contributed by atoms with Crippen LogP contribution in [0.4, 0.5) is 13.2 Å². The van der Waals surface area contributed by atoms with E-state index in [2.05, 4.69) is 10.1 Å². The molecule has 0 spiro atoms. The van der Waals surface area contributed by atoms with Crippen molar-refractivity contribution in [3.63, 3.8) is 0 Å². The molecule has 0 bridgehead atoms. The highest BCUT2D eigenvalue weighted by atomic mass is 19.4. The van der Waals surface area contributed by atoms with E-state index < -0.39 is 6.36 Å². The van der Waals surface area contributed by atoms with E-state index in [4.69, 9.17) is 4.98 Å². The van der Waals surface area contributed by atoms with Crippen molar-refractivity contribution in [3.05, 3.63) is 96.2 Å². The van der Waals surface area contributed by atoms with Gasteiger partial charge in [0.1, 0.15) is 23.0 Å². The molecule has 1 atom stereocenters. The summed E-state index contributed by atoms with van der Waals surface area (Å²) in [4.78, 5) is 18.3. The summed E-state index contributed by atoms with van der Waals surface area (Å²) in [5.74, 6) is -0.218. The lowest BCUT2D eigenvalue weighted by Gasteiger charge is -2.16. The van der Waals surface area contributed by atoms with Crippen molar-refractivity contribution >= 4 is 5.91 Å². The highest BCUT2D eigenvalue weighted by Gasteiger charge is 2.32. The van der Waals surface area contributed by atoms with Gasteiger partial charge in [-0.1, -0.05) is 72.8 Å². The summed E-state index contributed by atoms with van der Waals surface area (Å²) in [7, 11) is 0. The molecular formula is C27H24F3N3O2. The summed E-state index contributed by atoms with van der Waals surface area (Å²) < 4.78 is 44.3. The number of benzene rings is 3. The molecule has 5 nitrogen and oxygen atoms in total. The van der Waals surface area contributed by atoms with Gasteiger partial charge >= 0.3 is 6.36 Å². The molecular weight excluding hydrogens is 455 g/mol. The number of carbonyl (C=O) groups excluding carboxylic acids is 1. The molecule has 35 heavy (non-hydrogen) atoms. The van der Waals surface area contributed by atoms with Gasteiger partial charge in [0.25, 0.3) is 5.91 Å². The molecule has 1 aromatic heterocycles. The molecule has 4 rings (SSSR count). The van der Waals surface area contributed by atoms with Crippen LogP contribution in [0.15, 0.2) is 84.9 Å². The molecule has 8 heteroatoms. The number of hydrogen-bond donors (Lipinski definition) is 1. The van der Waals surface area contributed by atoms with Crippen LogP contribution < -0.4 is 10.1 Å². The zero-order chi connectivity index (χ0) is 25.0. The summed E-state index contributed by atoms with van der Waals surface area (Å²) in [6.07, 6.45) is -4.83. The third kappa shape index (κ3) is 5.54. The third-order valence-electron chi connectivity index (χ3n) is 5.52. The predicted molar refractivity (Wildman–Crippen MR) is 128 cm³/mol. The Bertz CT molecular complexity index is 1300. The second-order valence-corrected chi connectivity index (χ2v) is 7.92. The summed E-state index contributed by atoms with van der Waals surface area (Å²) in [5.41, 5.74) is 2.59. The molecule has 0 saturated heterocycles. The van der Waals surface area contributed by atoms with Crippen molar-refractivity contribution in [3.8, 4) is 28.4 Å². The molecule has 4 aromatic rings. The Balaban J connectivity index is 1.82. The predicted octanol–water partition coefficient (Wildman–Crippen LogP) is 6.63. The zero-order valence-electron chi connectivity index (χ0n) is 19.2. The number of carbonyl (C=O) groups is 1. The fraction of sp³-hybridized carbons (Fsp3) is 0.185. The van der Waals surface area contributed by atoms with Gasteiger partial charge < -0.3 is 14.6 Å². The van der Waals surface area contributed by atoms with Gasteiger partial charge in [-0.25, -0.2) is 4.98 Å². The van der Waals surface area contributed by atoms with Gasteiger partial charge in [-0.05, 0) is 31.5 Å². The van der Waals surface area contributed by atoms with E-state index in [1.165, 1.54) is 18.2 Å². The largest absolute Gasteiger partial charge is 0.573 e. The standard InChI is InChI=1S/C27H24F3N3O2/c1-3-33-24(26(34)31-18(2)19-11-6-4-7-12-19)23(32-25(33)20-13-8-5-9-14-20)21-15-10-16-22(17-21)35-27(28,29)30/h4-18H,3H2,1-2H3,(H,31,34). The van der Waals surface area contributed by atoms with Gasteiger partial charge in [-0.2, -0.15) is 0 Å². The number of alkyl halides is 3. The van der Waals surface area contributed by atoms with Crippen molar-refractivity contribution in [2.75, 3.05) is 0 Å². The Morgan fingerprint density at radius 2 is 1.60 bits per heavy atom. The highest BCUT2D eigenvalue weighted by molar-refractivity contribution is 6.00. The number of nitrogens with zero attached hydrogens (tertiary/aromatic N) is 2. The van der Waals surface area contributed by atoms with Crippen molar-refractivity contribution in [1.82, 2.24) is 14.9 Å². The first kappa shape index (κ1) is 24.1. The lowest BCUT2D eigenvalue weighted by Crippen LogP contribution is -2.29. The van der Waals surface area contributed by atoms with Crippen LogP contribution in [0, 0.1) is 0 Å². The van der Waals surface area contributed by atoms with Crippen molar-refractivity contribution in [2.24, 2.45) is 0 Å². The minimum Gasteiger partial charge on any atom is -0.406 e. The SMILES string of the molecule is CCn1c(-c2ccccc2)nc(-c2cccc(OC(F)(F)F)c2)c1C(=O)NC(C)c1ccccc1. The molecule has 1 unspecified atom stereocenters. The topological polar surface area (TPSA) is 56.2 Å². The monoisotopic (exact) mass is 479 g/mol. The molecule has 0 fully saturated rings. The van der Waals surface area contributed by atoms with E-state index in [0.717, 1.165) is 11.1 Å². The molecule has 3 aromatic carbocycles. The summed E-state index contributed by atoms with van der Waals surface area (Å²) in [6, 6.07) is 24.0. The average Bonchev–Trinajstić information content (AvgIpc) is 3.24. The van der Waals surface area contributed by atoms with Gasteiger partial charge in [0.2, 0.25) is 0 Å². The second-order valence-electron chi connectivity index (χ2n) is 7.92. The van der Waals surface area contributed by atoms with E-state index in [1.807, 2.05) is 74.5 Å². The van der Waals surface area contributed by atoms with Crippen LogP contribution in [-0.2, 0) is 6.54 Å². The number of aromatic nitrogens is 2. The molecule has 0 radical (unpaired) electrons. The zero-order valence-corrected chi connectivity index (χ0v) is 19.2. The van der Waals surface area contributed by atoms with Crippen molar-refractivity contribution in [2.45, 2.75) is 32.8 Å². The Morgan fingerprint density at radius 1 is 0.971 bits per heavy atom. The van der Waals surface area contributed by atoms with Crippen LogP contribution in [0.2, 0.25) is 0 Å². The molecule has 0 aliphatic heterocycles. The first-order chi connectivity index (χ1) is 16.8. The summed E-state index contributed by atoms with van der Waals surface area (Å²) >= 11 is 0. The van der Waals surface area contributed by atoms with Crippen LogP contribution in [0.1, 0.15) is 35.9 Å². The molecule has 1 heterocycles. The van der Waals surface area contributed by atoms with E-state index >= 15 is 0 Å². The first-order valence-corrected chi connectivity index (χ1v) is 11.1. The lowest BCUT2D eigenvalue weighted by atomic mass is 10.1. The maximum absolute atomic E-state index is 13.6. The Morgan fingerprint density at radius 3 is 2.23 bits per heavy atom. The van der Waals surface area contributed by atoms with Crippen LogP contribution in [0.5, 0.6) is 5.75 Å². The number of imidazole rings is 1. The molecule has 1 amide bonds. The minimum atomic E-state index is -4.83. The quantitative estimate of drug-likeness (QED) is 0.324. The Labute approximate surface area is 201 Å². The van der Waals surface area contributed by atoms with Gasteiger partial charge in [0, 0.05) is 17.7 Å². The van der Waals surface area contributed by atoms with E-state index in [0.29, 0.717) is 17.9 Å². The number of hydrogen-bond acceptors (Lipinski definition) is 3. The highest BCUT2D eigenvalue weighted by Crippen LogP contribution is 2.33.